The topological polar surface area (TPSA) is 75.4 Å². The maximum absolute atomic E-state index is 13.6. The standard InChI is InChI=1S/C23H21N3O4S3/c1-3-29-17-12-10-16(11-13-17)26-21(28)19-20(24-22(26)32-14-18(27)30-4-2)25(23(31)33-19)15-8-6-5-7-9-15/h5-13H,3-4,14H2,1-2H3. The van der Waals surface area contributed by atoms with Gasteiger partial charge in [-0.3, -0.25) is 18.7 Å². The summed E-state index contributed by atoms with van der Waals surface area (Å²) in [6.45, 7) is 4.49. The molecule has 0 unspecified atom stereocenters. The van der Waals surface area contributed by atoms with Gasteiger partial charge in [-0.25, -0.2) is 4.98 Å². The molecule has 33 heavy (non-hydrogen) atoms. The van der Waals surface area contributed by atoms with Crippen molar-refractivity contribution in [1.29, 1.82) is 0 Å². The molecule has 0 saturated heterocycles. The van der Waals surface area contributed by atoms with Gasteiger partial charge in [0.1, 0.15) is 10.4 Å². The summed E-state index contributed by atoms with van der Waals surface area (Å²) >= 11 is 7.95. The molecule has 2 aromatic carbocycles. The Balaban J connectivity index is 1.90. The highest BCUT2D eigenvalue weighted by Crippen LogP contribution is 2.28. The fourth-order valence-electron chi connectivity index (χ4n) is 3.25. The second-order valence-corrected chi connectivity index (χ2v) is 9.33. The maximum atomic E-state index is 13.6. The van der Waals surface area contributed by atoms with E-state index in [9.17, 15) is 9.59 Å². The number of esters is 1. The van der Waals surface area contributed by atoms with Gasteiger partial charge in [0, 0.05) is 5.69 Å². The fraction of sp³-hybridized carbons (Fsp3) is 0.217. The van der Waals surface area contributed by atoms with Gasteiger partial charge in [0.05, 0.1) is 24.7 Å². The second kappa shape index (κ2) is 10.3. The molecule has 10 heteroatoms. The molecule has 2 aromatic heterocycles. The number of nitrogens with zero attached hydrogens (tertiary/aromatic N) is 3. The minimum atomic E-state index is -0.375. The number of hydrogen-bond acceptors (Lipinski definition) is 8. The van der Waals surface area contributed by atoms with Crippen LogP contribution in [-0.4, -0.2) is 39.1 Å². The Bertz CT molecular complexity index is 1390. The Labute approximate surface area is 203 Å². The molecule has 0 aliphatic heterocycles. The van der Waals surface area contributed by atoms with Gasteiger partial charge in [-0.05, 0) is 62.5 Å². The minimum absolute atomic E-state index is 0.0268. The van der Waals surface area contributed by atoms with Crippen molar-refractivity contribution in [1.82, 2.24) is 14.1 Å². The first-order valence-electron chi connectivity index (χ1n) is 10.3. The zero-order valence-electron chi connectivity index (χ0n) is 18.0. The first-order valence-corrected chi connectivity index (χ1v) is 12.5. The number of thiazole rings is 1. The number of rotatable bonds is 8. The first kappa shape index (κ1) is 23.2. The van der Waals surface area contributed by atoms with Gasteiger partial charge in [-0.15, -0.1) is 0 Å². The van der Waals surface area contributed by atoms with E-state index in [0.717, 1.165) is 17.4 Å². The van der Waals surface area contributed by atoms with Crippen LogP contribution in [0, 0.1) is 3.95 Å². The van der Waals surface area contributed by atoms with Crippen molar-refractivity contribution >= 4 is 51.6 Å². The Hall–Kier alpha value is -2.95. The van der Waals surface area contributed by atoms with Gasteiger partial charge in [-0.1, -0.05) is 41.3 Å². The van der Waals surface area contributed by atoms with Crippen LogP contribution < -0.4 is 10.3 Å². The van der Waals surface area contributed by atoms with Crippen LogP contribution in [0.2, 0.25) is 0 Å². The lowest BCUT2D eigenvalue weighted by molar-refractivity contribution is -0.139. The maximum Gasteiger partial charge on any atom is 0.316 e. The van der Waals surface area contributed by atoms with Crippen LogP contribution in [0.4, 0.5) is 0 Å². The van der Waals surface area contributed by atoms with Crippen molar-refractivity contribution in [2.75, 3.05) is 19.0 Å². The van der Waals surface area contributed by atoms with E-state index in [-0.39, 0.29) is 23.9 Å². The van der Waals surface area contributed by atoms with Crippen LogP contribution in [0.1, 0.15) is 13.8 Å². The largest absolute Gasteiger partial charge is 0.494 e. The number of para-hydroxylation sites is 1. The van der Waals surface area contributed by atoms with Crippen molar-refractivity contribution in [3.63, 3.8) is 0 Å². The van der Waals surface area contributed by atoms with E-state index in [0.29, 0.717) is 37.5 Å². The second-order valence-electron chi connectivity index (χ2n) is 6.75. The summed E-state index contributed by atoms with van der Waals surface area (Å²) in [4.78, 5) is 30.5. The van der Waals surface area contributed by atoms with Crippen molar-refractivity contribution < 1.29 is 14.3 Å². The highest BCUT2D eigenvalue weighted by atomic mass is 32.2. The molecule has 0 amide bonds. The summed E-state index contributed by atoms with van der Waals surface area (Å²) in [6, 6.07) is 16.7. The number of carbonyl (C=O) groups is 1. The summed E-state index contributed by atoms with van der Waals surface area (Å²) in [5, 5.41) is 0.377. The number of ether oxygens (including phenoxy) is 2. The predicted octanol–water partition coefficient (Wildman–Crippen LogP) is 5.02. The molecule has 0 saturated carbocycles. The average Bonchev–Trinajstić information content (AvgIpc) is 3.15. The summed E-state index contributed by atoms with van der Waals surface area (Å²) in [5.74, 6) is 0.356. The molecular weight excluding hydrogens is 478 g/mol. The van der Waals surface area contributed by atoms with Crippen molar-refractivity contribution in [2.24, 2.45) is 0 Å². The van der Waals surface area contributed by atoms with E-state index < -0.39 is 0 Å². The molecule has 0 bridgehead atoms. The molecule has 0 atom stereocenters. The van der Waals surface area contributed by atoms with E-state index in [1.165, 1.54) is 15.9 Å². The molecule has 0 N–H and O–H groups in total. The van der Waals surface area contributed by atoms with Crippen LogP contribution in [0.5, 0.6) is 5.75 Å². The van der Waals surface area contributed by atoms with Gasteiger partial charge in [0.25, 0.3) is 5.56 Å². The summed E-state index contributed by atoms with van der Waals surface area (Å²) in [5.41, 5.74) is 1.66. The Kier molecular flexibility index (Phi) is 7.26. The quantitative estimate of drug-likeness (QED) is 0.146. The Morgan fingerprint density at radius 2 is 1.73 bits per heavy atom. The number of carbonyl (C=O) groups excluding carboxylic acids is 1. The number of aromatic nitrogens is 3. The van der Waals surface area contributed by atoms with Gasteiger partial charge in [-0.2, -0.15) is 0 Å². The normalized spacial score (nSPS) is 11.0. The molecule has 4 aromatic rings. The van der Waals surface area contributed by atoms with Crippen LogP contribution in [-0.2, 0) is 9.53 Å². The molecule has 0 aliphatic carbocycles. The molecule has 0 fully saturated rings. The average molecular weight is 500 g/mol. The molecule has 0 spiro atoms. The van der Waals surface area contributed by atoms with E-state index in [1.807, 2.05) is 37.3 Å². The zero-order valence-corrected chi connectivity index (χ0v) is 20.5. The van der Waals surface area contributed by atoms with Gasteiger partial charge < -0.3 is 9.47 Å². The third-order valence-corrected chi connectivity index (χ3v) is 6.88. The Morgan fingerprint density at radius 3 is 2.39 bits per heavy atom. The van der Waals surface area contributed by atoms with Crippen molar-refractivity contribution in [2.45, 2.75) is 19.0 Å². The predicted molar refractivity (Wildman–Crippen MR) is 134 cm³/mol. The van der Waals surface area contributed by atoms with Gasteiger partial charge in [0.2, 0.25) is 0 Å². The molecule has 170 valence electrons. The molecular formula is C23H21N3O4S3. The zero-order chi connectivity index (χ0) is 23.4. The van der Waals surface area contributed by atoms with Crippen molar-refractivity contribution in [3.8, 4) is 17.1 Å². The summed E-state index contributed by atoms with van der Waals surface area (Å²) in [7, 11) is 0. The molecule has 0 radical (unpaired) electrons. The van der Waals surface area contributed by atoms with Gasteiger partial charge in [0.15, 0.2) is 14.8 Å². The lowest BCUT2D eigenvalue weighted by Gasteiger charge is -2.13. The van der Waals surface area contributed by atoms with Crippen molar-refractivity contribution in [3.05, 3.63) is 68.9 Å². The SMILES string of the molecule is CCOC(=O)CSc1nc2c(sc(=S)n2-c2ccccc2)c(=O)n1-c1ccc(OCC)cc1. The highest BCUT2D eigenvalue weighted by molar-refractivity contribution is 7.99. The van der Waals surface area contributed by atoms with Crippen LogP contribution in [0.15, 0.2) is 64.5 Å². The van der Waals surface area contributed by atoms with E-state index in [4.69, 9.17) is 26.7 Å². The minimum Gasteiger partial charge on any atom is -0.494 e. The lowest BCUT2D eigenvalue weighted by Crippen LogP contribution is -2.22. The van der Waals surface area contributed by atoms with E-state index in [1.54, 1.807) is 35.8 Å². The van der Waals surface area contributed by atoms with E-state index >= 15 is 0 Å². The summed E-state index contributed by atoms with van der Waals surface area (Å²) < 4.78 is 14.8. The monoisotopic (exact) mass is 499 g/mol. The number of thioether (sulfide) groups is 1. The number of hydrogen-bond donors (Lipinski definition) is 0. The van der Waals surface area contributed by atoms with Crippen LogP contribution >= 0.6 is 35.3 Å². The lowest BCUT2D eigenvalue weighted by atomic mass is 10.3. The third-order valence-electron chi connectivity index (χ3n) is 4.62. The van der Waals surface area contributed by atoms with E-state index in [2.05, 4.69) is 0 Å². The molecule has 4 rings (SSSR count). The van der Waals surface area contributed by atoms with Crippen LogP contribution in [0.25, 0.3) is 21.7 Å². The van der Waals surface area contributed by atoms with Gasteiger partial charge >= 0.3 is 5.97 Å². The first-order chi connectivity index (χ1) is 16.0. The number of fused-ring (bicyclic) bond motifs is 1. The summed E-state index contributed by atoms with van der Waals surface area (Å²) in [6.07, 6.45) is 0. The smallest absolute Gasteiger partial charge is 0.316 e. The fourth-order valence-corrected chi connectivity index (χ4v) is 5.35. The molecule has 7 nitrogen and oxygen atoms in total. The third kappa shape index (κ3) is 4.87. The molecule has 2 heterocycles. The molecule has 0 aliphatic rings. The Morgan fingerprint density at radius 1 is 1.03 bits per heavy atom. The van der Waals surface area contributed by atoms with Crippen LogP contribution in [0.3, 0.4) is 0 Å². The highest BCUT2D eigenvalue weighted by Gasteiger charge is 2.20. The number of benzene rings is 2.